The van der Waals surface area contributed by atoms with Crippen molar-refractivity contribution in [3.8, 4) is 33.6 Å². The molecule has 3 unspecified atom stereocenters. The third-order valence-corrected chi connectivity index (χ3v) is 31.8. The molecule has 0 spiro atoms. The molecule has 2 aliphatic carbocycles. The zero-order chi connectivity index (χ0) is 77.7. The first kappa shape index (κ1) is 68.2. The van der Waals surface area contributed by atoms with Gasteiger partial charge in [-0.25, -0.2) is 0 Å². The van der Waals surface area contributed by atoms with Crippen LogP contribution in [0, 0.1) is 0 Å². The van der Waals surface area contributed by atoms with Crippen LogP contribution in [0.5, 0.6) is 0 Å². The summed E-state index contributed by atoms with van der Waals surface area (Å²) in [5.41, 5.74) is 29.1. The number of fused-ring (bicyclic) bond motifs is 16. The highest BCUT2D eigenvalue weighted by atomic mass is 31.2. The van der Waals surface area contributed by atoms with Gasteiger partial charge in [0, 0.05) is 77.5 Å². The summed E-state index contributed by atoms with van der Waals surface area (Å²) in [4.78, 5) is 2.49. The number of benzene rings is 16. The third kappa shape index (κ3) is 9.47. The maximum absolute atomic E-state index is 18.0. The molecule has 0 fully saturated rings. The highest BCUT2D eigenvalue weighted by Gasteiger charge is 2.53. The Kier molecular flexibility index (Phi) is 14.7. The number of rotatable bonds is 11. The van der Waals surface area contributed by atoms with Crippen molar-refractivity contribution in [2.45, 2.75) is 57.3 Å². The van der Waals surface area contributed by atoms with Gasteiger partial charge in [0.25, 0.3) is 0 Å². The molecule has 0 N–H and O–H groups in total. The van der Waals surface area contributed by atoms with E-state index in [0.717, 1.165) is 129 Å². The molecule has 0 radical (unpaired) electrons. The molecule has 0 amide bonds. The Bertz CT molecular complexity index is 7240. The molecule has 2 aromatic heterocycles. The van der Waals surface area contributed by atoms with Crippen LogP contribution >= 0.6 is 14.9 Å². The van der Waals surface area contributed by atoms with E-state index in [0.29, 0.717) is 6.42 Å². The fourth-order valence-electron chi connectivity index (χ4n) is 20.6. The molecule has 556 valence electrons. The van der Waals surface area contributed by atoms with Crippen LogP contribution < -0.4 is 34.2 Å². The zero-order valence-corrected chi connectivity index (χ0v) is 66.6. The van der Waals surface area contributed by atoms with E-state index in [9.17, 15) is 0 Å². The van der Waals surface area contributed by atoms with Crippen LogP contribution in [0.2, 0.25) is 0 Å². The molecular formula is C105H79N7O2P2. The summed E-state index contributed by atoms with van der Waals surface area (Å²) in [7, 11) is -7.51. The summed E-state index contributed by atoms with van der Waals surface area (Å²) in [5.74, 6) is 0. The van der Waals surface area contributed by atoms with Crippen molar-refractivity contribution in [1.29, 1.82) is 0 Å². The highest BCUT2D eigenvalue weighted by molar-refractivity contribution is 7.76. The van der Waals surface area contributed by atoms with Crippen LogP contribution in [-0.2, 0) is 31.8 Å². The maximum atomic E-state index is 18.0. The molecule has 5 heterocycles. The van der Waals surface area contributed by atoms with E-state index in [2.05, 4.69) is 352 Å². The van der Waals surface area contributed by atoms with Crippen LogP contribution in [0.15, 0.2) is 376 Å². The quantitative estimate of drug-likeness (QED) is 0.120. The largest absolute Gasteiger partial charge is 0.310 e. The van der Waals surface area contributed by atoms with Gasteiger partial charge in [-0.05, 0) is 220 Å². The number of aromatic nitrogens is 2. The standard InChI is InChI=1S/C105H79N7O2P2/c1-103(2)85-46-25-21-42-78(85)82-64-83-79-43-23-28-50-91(79)107(97(83)66-89(82)103)75-59-61-95-101(63-75)111(73-36-15-8-16-37-73)116(114,77-40-19-10-20-41-77)112(95)96-53-31-49-88-102(96)81-45-22-26-47-86(81)105(88,5)68-69-54-56-70(57-55-69)106-93-52-30-27-48-87(93)104(3,4)90-67-98-84(65-99(90)106)80-44-24-29-51-92(80)108(98)74-58-60-94-100(62-74)110(72-34-13-7-14-35-72)115(113,76-38-17-9-18-39-76)109(94)71-32-11-6-12-33-71/h6-67H,68H2,1-5H3. The smallest absolute Gasteiger partial charge is 0.301 e. The Morgan fingerprint density at radius 1 is 0.250 bits per heavy atom. The van der Waals surface area contributed by atoms with Gasteiger partial charge >= 0.3 is 14.9 Å². The minimum absolute atomic E-state index is 0.203. The van der Waals surface area contributed by atoms with Crippen molar-refractivity contribution in [1.82, 2.24) is 9.13 Å². The third-order valence-electron chi connectivity index (χ3n) is 25.9. The van der Waals surface area contributed by atoms with E-state index in [1.165, 1.54) is 60.8 Å². The zero-order valence-electron chi connectivity index (χ0n) is 64.8. The number of nitrogens with zero attached hydrogens (tertiary/aromatic N) is 7. The van der Waals surface area contributed by atoms with Gasteiger partial charge in [-0.2, -0.15) is 0 Å². The second-order valence-corrected chi connectivity index (χ2v) is 37.7. The van der Waals surface area contributed by atoms with E-state index in [4.69, 9.17) is 0 Å². The summed E-state index contributed by atoms with van der Waals surface area (Å²) >= 11 is 0. The molecule has 3 aliphatic heterocycles. The van der Waals surface area contributed by atoms with Crippen LogP contribution in [0.25, 0.3) is 77.2 Å². The normalized spacial score (nSPS) is 18.3. The Balaban J connectivity index is 0.643. The molecule has 3 atom stereocenters. The second-order valence-electron chi connectivity index (χ2n) is 32.9. The van der Waals surface area contributed by atoms with Gasteiger partial charge in [0.2, 0.25) is 0 Å². The SMILES string of the molecule is CC1(C)c2ccccc2-c2cc3c4ccccc4n(-c4ccc5c(c4)N(c4ccccc4)P(=O)(c4ccccc4)N5c4cccc5c4-c4ccccc4C5(C)Cc4ccc(N5c6ccccc6C(C)(C)c6cc7c(cc65)c5ccccc5n7-c5ccc6c(c5)N(c5ccccc5)P(=O)(c5ccccc5)N6c5ccccc5)cc4)c3cc21. The molecule has 116 heavy (non-hydrogen) atoms. The summed E-state index contributed by atoms with van der Waals surface area (Å²) in [6.07, 6.45) is 0.707. The summed E-state index contributed by atoms with van der Waals surface area (Å²) < 4.78 is 48.2. The first-order valence-corrected chi connectivity index (χ1v) is 43.4. The number of para-hydroxylation sites is 6. The Morgan fingerprint density at radius 3 is 1.25 bits per heavy atom. The fourth-order valence-corrected chi connectivity index (χ4v) is 26.7. The van der Waals surface area contributed by atoms with Crippen molar-refractivity contribution < 1.29 is 9.13 Å². The van der Waals surface area contributed by atoms with Crippen LogP contribution in [0.1, 0.15) is 73.6 Å². The Morgan fingerprint density at radius 2 is 0.672 bits per heavy atom. The van der Waals surface area contributed by atoms with Crippen molar-refractivity contribution in [3.05, 3.63) is 415 Å². The molecule has 9 nitrogen and oxygen atoms in total. The fraction of sp³-hybridized carbons (Fsp3) is 0.0857. The number of hydrogen-bond donors (Lipinski definition) is 0. The first-order valence-electron chi connectivity index (χ1n) is 40.2. The molecule has 18 aromatic rings. The summed E-state index contributed by atoms with van der Waals surface area (Å²) in [6, 6.07) is 135. The summed E-state index contributed by atoms with van der Waals surface area (Å²) in [5, 5.41) is 6.15. The number of hydrogen-bond acceptors (Lipinski definition) is 3. The molecule has 5 aliphatic rings. The molecule has 23 rings (SSSR count). The number of anilines is 11. The van der Waals surface area contributed by atoms with E-state index in [-0.39, 0.29) is 5.41 Å². The van der Waals surface area contributed by atoms with Gasteiger partial charge in [-0.3, -0.25) is 27.8 Å². The van der Waals surface area contributed by atoms with Crippen molar-refractivity contribution >= 4 is 132 Å². The van der Waals surface area contributed by atoms with E-state index < -0.39 is 25.7 Å². The predicted molar refractivity (Wildman–Crippen MR) is 483 cm³/mol. The van der Waals surface area contributed by atoms with Crippen molar-refractivity contribution in [3.63, 3.8) is 0 Å². The molecule has 16 aromatic carbocycles. The van der Waals surface area contributed by atoms with Crippen LogP contribution in [-0.4, -0.2) is 9.13 Å². The van der Waals surface area contributed by atoms with Gasteiger partial charge in [0.15, 0.2) is 0 Å². The average molecular weight is 1530 g/mol. The van der Waals surface area contributed by atoms with Gasteiger partial charge in [0.1, 0.15) is 0 Å². The molecule has 0 saturated carbocycles. The molecular weight excluding hydrogens is 1450 g/mol. The molecule has 0 saturated heterocycles. The lowest BCUT2D eigenvalue weighted by Crippen LogP contribution is -2.30. The predicted octanol–water partition coefficient (Wildman–Crippen LogP) is 27.4. The lowest BCUT2D eigenvalue weighted by molar-refractivity contribution is 0.581. The van der Waals surface area contributed by atoms with E-state index >= 15 is 9.13 Å². The minimum Gasteiger partial charge on any atom is -0.310 e. The van der Waals surface area contributed by atoms with Crippen LogP contribution in [0.4, 0.5) is 62.6 Å². The van der Waals surface area contributed by atoms with Gasteiger partial charge in [-0.15, -0.1) is 0 Å². The van der Waals surface area contributed by atoms with E-state index in [1.54, 1.807) is 0 Å². The Labute approximate surface area is 675 Å². The molecule has 11 heteroatoms. The van der Waals surface area contributed by atoms with Crippen molar-refractivity contribution in [2.75, 3.05) is 23.6 Å². The van der Waals surface area contributed by atoms with Gasteiger partial charge < -0.3 is 14.0 Å². The van der Waals surface area contributed by atoms with Gasteiger partial charge in [-0.1, -0.05) is 253 Å². The highest BCUT2D eigenvalue weighted by Crippen LogP contribution is 2.74. The minimum atomic E-state index is -3.89. The average Bonchev–Trinajstić information content (AvgIpc) is 1.54. The monoisotopic (exact) mass is 1530 g/mol. The van der Waals surface area contributed by atoms with Crippen LogP contribution in [0.3, 0.4) is 0 Å². The lowest BCUT2D eigenvalue weighted by Gasteiger charge is -2.42. The van der Waals surface area contributed by atoms with Gasteiger partial charge in [0.05, 0.1) is 72.5 Å². The molecule has 0 bridgehead atoms. The first-order chi connectivity index (χ1) is 56.7. The van der Waals surface area contributed by atoms with E-state index in [1.807, 2.05) is 91.0 Å². The Hall–Kier alpha value is -13.4. The topological polar surface area (TPSA) is 60.2 Å². The lowest BCUT2D eigenvalue weighted by atomic mass is 9.73. The maximum Gasteiger partial charge on any atom is 0.301 e. The van der Waals surface area contributed by atoms with Crippen molar-refractivity contribution in [2.24, 2.45) is 0 Å². The summed E-state index contributed by atoms with van der Waals surface area (Å²) in [6.45, 7) is 11.9. The second kappa shape index (κ2) is 25.0.